The third-order valence-corrected chi connectivity index (χ3v) is 7.00. The number of nitrogens with one attached hydrogen (secondary N) is 2. The van der Waals surface area contributed by atoms with Gasteiger partial charge in [0, 0.05) is 15.8 Å². The van der Waals surface area contributed by atoms with Gasteiger partial charge in [-0.3, -0.25) is 25.2 Å². The van der Waals surface area contributed by atoms with E-state index in [1.165, 1.54) is 11.3 Å². The maximum absolute atomic E-state index is 12.7. The molecule has 2 aliphatic rings. The molecule has 1 aromatic carbocycles. The molecule has 0 spiro atoms. The van der Waals surface area contributed by atoms with Crippen molar-refractivity contribution in [2.45, 2.75) is 26.2 Å². The van der Waals surface area contributed by atoms with Crippen LogP contribution in [0.1, 0.15) is 34.5 Å². The lowest BCUT2D eigenvalue weighted by atomic mass is 9.79. The predicted molar refractivity (Wildman–Crippen MR) is 106 cm³/mol. The monoisotopic (exact) mass is 398 g/mol. The fourth-order valence-electron chi connectivity index (χ4n) is 4.88. The van der Waals surface area contributed by atoms with Gasteiger partial charge in [0.05, 0.1) is 17.4 Å². The number of benzene rings is 1. The van der Waals surface area contributed by atoms with Crippen molar-refractivity contribution in [1.82, 2.24) is 10.9 Å². The van der Waals surface area contributed by atoms with Gasteiger partial charge in [-0.05, 0) is 43.6 Å². The number of aryl methyl sites for hydroxylation is 1. The van der Waals surface area contributed by atoms with Gasteiger partial charge in [-0.15, -0.1) is 11.3 Å². The Morgan fingerprint density at radius 2 is 1.71 bits per heavy atom. The van der Waals surface area contributed by atoms with Crippen LogP contribution in [0, 0.1) is 30.6 Å². The van der Waals surface area contributed by atoms with Crippen LogP contribution in [0.15, 0.2) is 35.7 Å². The number of aliphatic carboxylic acids is 1. The Bertz CT molecular complexity index is 924. The average Bonchev–Trinajstić information content (AvgIpc) is 3.40. The van der Waals surface area contributed by atoms with Crippen molar-refractivity contribution in [1.29, 1.82) is 0 Å². The summed E-state index contributed by atoms with van der Waals surface area (Å²) in [5.41, 5.74) is 7.26. The number of carboxylic acids is 1. The Balaban J connectivity index is 1.47. The van der Waals surface area contributed by atoms with E-state index < -0.39 is 29.6 Å². The standard InChI is InChI=1S/C21H22N2O4S/c1-11-16(12-5-3-2-4-6-12)15(10-28-11)19(24)22-23-20(25)17-13-7-8-14(9-13)18(17)21(26)27/h2-6,10,13-14,17-18H,7-9H2,1H3,(H,22,24)(H,23,25)(H,26,27)/t13-,14-,17-,18+/m0/s1. The van der Waals surface area contributed by atoms with Gasteiger partial charge in [0.1, 0.15) is 0 Å². The molecule has 2 bridgehead atoms. The summed E-state index contributed by atoms with van der Waals surface area (Å²) in [7, 11) is 0. The van der Waals surface area contributed by atoms with Gasteiger partial charge in [0.15, 0.2) is 0 Å². The van der Waals surface area contributed by atoms with Crippen molar-refractivity contribution < 1.29 is 19.5 Å². The second-order valence-corrected chi connectivity index (χ2v) is 8.70. The van der Waals surface area contributed by atoms with Crippen LogP contribution in [0.3, 0.4) is 0 Å². The number of carbonyl (C=O) groups excluding carboxylic acids is 2. The zero-order chi connectivity index (χ0) is 19.8. The number of rotatable bonds is 4. The normalized spacial score (nSPS) is 25.5. The predicted octanol–water partition coefficient (Wildman–Crippen LogP) is 3.23. The van der Waals surface area contributed by atoms with Crippen molar-refractivity contribution in [3.63, 3.8) is 0 Å². The first-order valence-electron chi connectivity index (χ1n) is 9.44. The molecule has 0 unspecified atom stereocenters. The first kappa shape index (κ1) is 18.7. The summed E-state index contributed by atoms with van der Waals surface area (Å²) >= 11 is 1.48. The molecule has 2 fully saturated rings. The molecule has 4 atom stereocenters. The zero-order valence-electron chi connectivity index (χ0n) is 15.5. The summed E-state index contributed by atoms with van der Waals surface area (Å²) in [6, 6.07) is 9.63. The second-order valence-electron chi connectivity index (χ2n) is 7.61. The van der Waals surface area contributed by atoms with E-state index in [1.807, 2.05) is 37.3 Å². The molecule has 3 N–H and O–H groups in total. The van der Waals surface area contributed by atoms with Crippen LogP contribution in [0.4, 0.5) is 0 Å². The van der Waals surface area contributed by atoms with E-state index in [9.17, 15) is 19.5 Å². The summed E-state index contributed by atoms with van der Waals surface area (Å²) in [6.07, 6.45) is 2.53. The van der Waals surface area contributed by atoms with Crippen LogP contribution in [0.5, 0.6) is 0 Å². The van der Waals surface area contributed by atoms with Crippen molar-refractivity contribution in [3.05, 3.63) is 46.2 Å². The van der Waals surface area contributed by atoms with E-state index in [4.69, 9.17) is 0 Å². The van der Waals surface area contributed by atoms with Crippen LogP contribution < -0.4 is 10.9 Å². The molecular weight excluding hydrogens is 376 g/mol. The van der Waals surface area contributed by atoms with E-state index >= 15 is 0 Å². The highest BCUT2D eigenvalue weighted by atomic mass is 32.1. The Morgan fingerprint density at radius 1 is 1.04 bits per heavy atom. The number of fused-ring (bicyclic) bond motifs is 2. The minimum Gasteiger partial charge on any atom is -0.481 e. The van der Waals surface area contributed by atoms with E-state index in [0.29, 0.717) is 5.56 Å². The van der Waals surface area contributed by atoms with Crippen molar-refractivity contribution in [2.24, 2.45) is 23.7 Å². The van der Waals surface area contributed by atoms with Crippen LogP contribution in [-0.2, 0) is 9.59 Å². The Kier molecular flexibility index (Phi) is 4.93. The lowest BCUT2D eigenvalue weighted by Crippen LogP contribution is -2.48. The molecule has 1 heterocycles. The highest BCUT2D eigenvalue weighted by Gasteiger charge is 2.54. The number of thiophene rings is 1. The molecule has 2 aliphatic carbocycles. The molecule has 28 heavy (non-hydrogen) atoms. The number of amides is 2. The third-order valence-electron chi connectivity index (χ3n) is 6.09. The van der Waals surface area contributed by atoms with Crippen LogP contribution in [0.25, 0.3) is 11.1 Å². The summed E-state index contributed by atoms with van der Waals surface area (Å²) < 4.78 is 0. The number of hydrogen-bond donors (Lipinski definition) is 3. The number of hydrogen-bond acceptors (Lipinski definition) is 4. The fraction of sp³-hybridized carbons (Fsp3) is 0.381. The molecule has 0 saturated heterocycles. The molecule has 2 amide bonds. The molecule has 7 heteroatoms. The minimum absolute atomic E-state index is 0.0677. The number of hydrazine groups is 1. The zero-order valence-corrected chi connectivity index (χ0v) is 16.3. The largest absolute Gasteiger partial charge is 0.481 e. The molecule has 1 aromatic heterocycles. The minimum atomic E-state index is -0.918. The molecular formula is C21H22N2O4S. The van der Waals surface area contributed by atoms with Crippen LogP contribution >= 0.6 is 11.3 Å². The van der Waals surface area contributed by atoms with E-state index in [0.717, 1.165) is 35.3 Å². The maximum atomic E-state index is 12.7. The van der Waals surface area contributed by atoms with Gasteiger partial charge in [0.2, 0.25) is 5.91 Å². The van der Waals surface area contributed by atoms with Crippen molar-refractivity contribution in [3.8, 4) is 11.1 Å². The fourth-order valence-corrected chi connectivity index (χ4v) is 5.74. The highest BCUT2D eigenvalue weighted by Crippen LogP contribution is 2.52. The van der Waals surface area contributed by atoms with E-state index in [2.05, 4.69) is 10.9 Å². The summed E-state index contributed by atoms with van der Waals surface area (Å²) in [6.45, 7) is 1.95. The van der Waals surface area contributed by atoms with Gasteiger partial charge in [-0.2, -0.15) is 0 Å². The molecule has 2 aromatic rings. The summed E-state index contributed by atoms with van der Waals surface area (Å²) in [4.78, 5) is 38.0. The lowest BCUT2D eigenvalue weighted by Gasteiger charge is -2.27. The second kappa shape index (κ2) is 7.39. The maximum Gasteiger partial charge on any atom is 0.307 e. The molecule has 4 rings (SSSR count). The van der Waals surface area contributed by atoms with Crippen LogP contribution in [-0.4, -0.2) is 22.9 Å². The Morgan fingerprint density at radius 3 is 2.39 bits per heavy atom. The molecule has 6 nitrogen and oxygen atoms in total. The lowest BCUT2D eigenvalue weighted by molar-refractivity contribution is -0.149. The van der Waals surface area contributed by atoms with Gasteiger partial charge < -0.3 is 5.11 Å². The first-order valence-corrected chi connectivity index (χ1v) is 10.3. The topological polar surface area (TPSA) is 95.5 Å². The highest BCUT2D eigenvalue weighted by molar-refractivity contribution is 7.10. The Labute approximate surface area is 166 Å². The summed E-state index contributed by atoms with van der Waals surface area (Å²) in [5, 5.41) is 11.3. The van der Waals surface area contributed by atoms with E-state index in [-0.39, 0.29) is 11.8 Å². The first-order chi connectivity index (χ1) is 13.5. The van der Waals surface area contributed by atoms with Gasteiger partial charge in [0.25, 0.3) is 5.91 Å². The molecule has 2 saturated carbocycles. The van der Waals surface area contributed by atoms with Crippen LogP contribution in [0.2, 0.25) is 0 Å². The van der Waals surface area contributed by atoms with Crippen molar-refractivity contribution >= 4 is 29.1 Å². The molecule has 146 valence electrons. The molecule has 0 aliphatic heterocycles. The summed E-state index contributed by atoms with van der Waals surface area (Å²) in [5.74, 6) is -2.79. The molecule has 0 radical (unpaired) electrons. The average molecular weight is 398 g/mol. The van der Waals surface area contributed by atoms with E-state index in [1.54, 1.807) is 5.38 Å². The van der Waals surface area contributed by atoms with Gasteiger partial charge >= 0.3 is 5.97 Å². The van der Waals surface area contributed by atoms with Crippen molar-refractivity contribution in [2.75, 3.05) is 0 Å². The van der Waals surface area contributed by atoms with Gasteiger partial charge in [-0.1, -0.05) is 30.3 Å². The third kappa shape index (κ3) is 3.20. The quantitative estimate of drug-likeness (QED) is 0.689. The van der Waals surface area contributed by atoms with Gasteiger partial charge in [-0.25, -0.2) is 0 Å². The SMILES string of the molecule is Cc1scc(C(=O)NNC(=O)[C@H]2[C@H]3CC[C@@H](C3)[C@H]2C(=O)O)c1-c1ccccc1. The smallest absolute Gasteiger partial charge is 0.307 e. The Hall–Kier alpha value is -2.67. The number of carboxylic acid groups (broad SMARTS) is 1. The number of carbonyl (C=O) groups is 3.